The highest BCUT2D eigenvalue weighted by molar-refractivity contribution is 5.95. The molecule has 0 atom stereocenters. The van der Waals surface area contributed by atoms with Gasteiger partial charge in [0.25, 0.3) is 0 Å². The molecule has 0 bridgehead atoms. The standard InChI is InChI=1S/C15H23N3/c1-18(13-6-4-2-3-5-7-13)14-10-8-12(9-11-14)15(16)17/h8-11,13H,2-7H2,1H3,(H3,16,17). The monoisotopic (exact) mass is 245 g/mol. The van der Waals surface area contributed by atoms with Crippen LogP contribution in [-0.2, 0) is 0 Å². The van der Waals surface area contributed by atoms with Crippen molar-refractivity contribution in [1.29, 1.82) is 5.41 Å². The third kappa shape index (κ3) is 3.03. The normalized spacial score (nSPS) is 17.2. The fourth-order valence-electron chi connectivity index (χ4n) is 2.73. The lowest BCUT2D eigenvalue weighted by Crippen LogP contribution is -2.31. The molecule has 3 N–H and O–H groups in total. The molecule has 0 radical (unpaired) electrons. The van der Waals surface area contributed by atoms with Gasteiger partial charge >= 0.3 is 0 Å². The number of rotatable bonds is 3. The van der Waals surface area contributed by atoms with Gasteiger partial charge in [0, 0.05) is 24.3 Å². The quantitative estimate of drug-likeness (QED) is 0.488. The van der Waals surface area contributed by atoms with Crippen molar-refractivity contribution in [1.82, 2.24) is 0 Å². The Kier molecular flexibility index (Phi) is 4.24. The van der Waals surface area contributed by atoms with E-state index in [1.165, 1.54) is 44.2 Å². The van der Waals surface area contributed by atoms with Gasteiger partial charge in [-0.2, -0.15) is 0 Å². The number of nitrogen functional groups attached to an aromatic ring is 1. The summed E-state index contributed by atoms with van der Waals surface area (Å²) < 4.78 is 0. The highest BCUT2D eigenvalue weighted by Gasteiger charge is 2.17. The van der Waals surface area contributed by atoms with E-state index < -0.39 is 0 Å². The Morgan fingerprint density at radius 1 is 1.11 bits per heavy atom. The number of benzene rings is 1. The van der Waals surface area contributed by atoms with Crippen molar-refractivity contribution in [2.45, 2.75) is 44.6 Å². The number of hydrogen-bond acceptors (Lipinski definition) is 2. The Hall–Kier alpha value is -1.51. The van der Waals surface area contributed by atoms with Crippen molar-refractivity contribution >= 4 is 11.5 Å². The predicted molar refractivity (Wildman–Crippen MR) is 77.4 cm³/mol. The van der Waals surface area contributed by atoms with E-state index in [9.17, 15) is 0 Å². The molecule has 0 unspecified atom stereocenters. The van der Waals surface area contributed by atoms with Gasteiger partial charge in [0.05, 0.1) is 0 Å². The molecule has 1 saturated carbocycles. The molecule has 0 saturated heterocycles. The number of amidine groups is 1. The van der Waals surface area contributed by atoms with Crippen LogP contribution in [-0.4, -0.2) is 18.9 Å². The Morgan fingerprint density at radius 2 is 1.67 bits per heavy atom. The summed E-state index contributed by atoms with van der Waals surface area (Å²) in [5.74, 6) is 0.138. The number of nitrogens with two attached hydrogens (primary N) is 1. The van der Waals surface area contributed by atoms with Crippen molar-refractivity contribution in [3.63, 3.8) is 0 Å². The lowest BCUT2D eigenvalue weighted by molar-refractivity contribution is 0.553. The van der Waals surface area contributed by atoms with E-state index in [1.807, 2.05) is 12.1 Å². The minimum absolute atomic E-state index is 0.138. The average molecular weight is 245 g/mol. The second-order valence-corrected chi connectivity index (χ2v) is 5.22. The van der Waals surface area contributed by atoms with Crippen LogP contribution in [0, 0.1) is 5.41 Å². The second-order valence-electron chi connectivity index (χ2n) is 5.22. The van der Waals surface area contributed by atoms with Gasteiger partial charge in [-0.05, 0) is 37.1 Å². The topological polar surface area (TPSA) is 53.1 Å². The molecule has 18 heavy (non-hydrogen) atoms. The number of hydrogen-bond donors (Lipinski definition) is 2. The molecule has 1 aliphatic carbocycles. The SMILES string of the molecule is CN(c1ccc(C(=N)N)cc1)C1CCCCCC1. The van der Waals surface area contributed by atoms with Crippen LogP contribution in [0.4, 0.5) is 5.69 Å². The van der Waals surface area contributed by atoms with Crippen LogP contribution in [0.3, 0.4) is 0 Å². The molecule has 2 rings (SSSR count). The zero-order valence-corrected chi connectivity index (χ0v) is 11.2. The zero-order chi connectivity index (χ0) is 13.0. The van der Waals surface area contributed by atoms with E-state index in [1.54, 1.807) is 0 Å². The molecule has 0 spiro atoms. The highest BCUT2D eigenvalue weighted by atomic mass is 15.1. The number of nitrogens with one attached hydrogen (secondary N) is 1. The Balaban J connectivity index is 2.07. The van der Waals surface area contributed by atoms with Crippen molar-refractivity contribution in [2.24, 2.45) is 5.73 Å². The molecule has 0 amide bonds. The molecule has 1 aromatic rings. The van der Waals surface area contributed by atoms with Crippen LogP contribution in [0.25, 0.3) is 0 Å². The summed E-state index contributed by atoms with van der Waals surface area (Å²) in [5, 5.41) is 7.40. The smallest absolute Gasteiger partial charge is 0.122 e. The first-order valence-corrected chi connectivity index (χ1v) is 6.86. The zero-order valence-electron chi connectivity index (χ0n) is 11.2. The van der Waals surface area contributed by atoms with E-state index in [0.29, 0.717) is 6.04 Å². The van der Waals surface area contributed by atoms with Crippen molar-refractivity contribution in [2.75, 3.05) is 11.9 Å². The molecule has 0 aliphatic heterocycles. The first kappa shape index (κ1) is 12.9. The fourth-order valence-corrected chi connectivity index (χ4v) is 2.73. The lowest BCUT2D eigenvalue weighted by Gasteiger charge is -2.29. The molecule has 0 heterocycles. The van der Waals surface area contributed by atoms with Crippen LogP contribution in [0.5, 0.6) is 0 Å². The third-order valence-corrected chi connectivity index (χ3v) is 3.96. The third-order valence-electron chi connectivity index (χ3n) is 3.96. The summed E-state index contributed by atoms with van der Waals surface area (Å²) in [5.41, 5.74) is 7.50. The summed E-state index contributed by atoms with van der Waals surface area (Å²) in [4.78, 5) is 2.38. The van der Waals surface area contributed by atoms with Gasteiger partial charge in [-0.3, -0.25) is 5.41 Å². The van der Waals surface area contributed by atoms with Gasteiger partial charge in [-0.25, -0.2) is 0 Å². The van der Waals surface area contributed by atoms with Gasteiger partial charge < -0.3 is 10.6 Å². The minimum atomic E-state index is 0.138. The molecule has 1 aliphatic rings. The Morgan fingerprint density at radius 3 is 2.17 bits per heavy atom. The fraction of sp³-hybridized carbons (Fsp3) is 0.533. The molecule has 3 nitrogen and oxygen atoms in total. The summed E-state index contributed by atoms with van der Waals surface area (Å²) >= 11 is 0. The highest BCUT2D eigenvalue weighted by Crippen LogP contribution is 2.25. The van der Waals surface area contributed by atoms with Gasteiger partial charge in [0.1, 0.15) is 5.84 Å². The summed E-state index contributed by atoms with van der Waals surface area (Å²) in [7, 11) is 2.18. The van der Waals surface area contributed by atoms with Crippen molar-refractivity contribution in [3.05, 3.63) is 29.8 Å². The van der Waals surface area contributed by atoms with Crippen molar-refractivity contribution in [3.8, 4) is 0 Å². The van der Waals surface area contributed by atoms with E-state index in [-0.39, 0.29) is 5.84 Å². The number of anilines is 1. The van der Waals surface area contributed by atoms with Crippen LogP contribution in [0.1, 0.15) is 44.1 Å². The van der Waals surface area contributed by atoms with E-state index >= 15 is 0 Å². The summed E-state index contributed by atoms with van der Waals surface area (Å²) in [6.45, 7) is 0. The summed E-state index contributed by atoms with van der Waals surface area (Å²) in [6, 6.07) is 8.68. The maximum Gasteiger partial charge on any atom is 0.122 e. The predicted octanol–water partition coefficient (Wildman–Crippen LogP) is 3.13. The molecule has 1 fully saturated rings. The van der Waals surface area contributed by atoms with Crippen LogP contribution >= 0.6 is 0 Å². The summed E-state index contributed by atoms with van der Waals surface area (Å²) in [6.07, 6.45) is 8.05. The molecular formula is C15H23N3. The van der Waals surface area contributed by atoms with Crippen LogP contribution in [0.2, 0.25) is 0 Å². The Bertz CT molecular complexity index is 389. The number of nitrogens with zero attached hydrogens (tertiary/aromatic N) is 1. The minimum Gasteiger partial charge on any atom is -0.384 e. The average Bonchev–Trinajstić information content (AvgIpc) is 2.67. The Labute approximate surface area is 109 Å². The first-order valence-electron chi connectivity index (χ1n) is 6.86. The van der Waals surface area contributed by atoms with E-state index in [0.717, 1.165) is 5.56 Å². The van der Waals surface area contributed by atoms with Crippen LogP contribution in [0.15, 0.2) is 24.3 Å². The van der Waals surface area contributed by atoms with Gasteiger partial charge in [0.2, 0.25) is 0 Å². The largest absolute Gasteiger partial charge is 0.384 e. The first-order chi connectivity index (χ1) is 8.68. The maximum absolute atomic E-state index is 7.40. The molecule has 3 heteroatoms. The second kappa shape index (κ2) is 5.89. The maximum atomic E-state index is 7.40. The lowest BCUT2D eigenvalue weighted by atomic mass is 10.1. The van der Waals surface area contributed by atoms with Crippen LogP contribution < -0.4 is 10.6 Å². The van der Waals surface area contributed by atoms with Crippen molar-refractivity contribution < 1.29 is 0 Å². The van der Waals surface area contributed by atoms with Gasteiger partial charge in [-0.1, -0.05) is 25.7 Å². The molecule has 0 aromatic heterocycles. The van der Waals surface area contributed by atoms with E-state index in [2.05, 4.69) is 24.1 Å². The van der Waals surface area contributed by atoms with Gasteiger partial charge in [-0.15, -0.1) is 0 Å². The van der Waals surface area contributed by atoms with E-state index in [4.69, 9.17) is 11.1 Å². The molecule has 1 aromatic carbocycles. The van der Waals surface area contributed by atoms with Gasteiger partial charge in [0.15, 0.2) is 0 Å². The molecular weight excluding hydrogens is 222 g/mol. The molecule has 98 valence electrons.